The van der Waals surface area contributed by atoms with Gasteiger partial charge in [0.05, 0.1) is 6.10 Å². The zero-order valence-electron chi connectivity index (χ0n) is 11.8. The smallest absolute Gasteiger partial charge is 0.0792 e. The number of aryl methyl sites for hydroxylation is 1. The molecule has 1 unspecified atom stereocenters. The highest BCUT2D eigenvalue weighted by Gasteiger charge is 2.27. The summed E-state index contributed by atoms with van der Waals surface area (Å²) < 4.78 is 0. The average molecular weight is 266 g/mol. The number of hydrogen-bond donors (Lipinski definition) is 1. The molecule has 1 N–H and O–H groups in total. The lowest BCUT2D eigenvalue weighted by molar-refractivity contribution is 0.163. The molecule has 1 heteroatoms. The summed E-state index contributed by atoms with van der Waals surface area (Å²) in [7, 11) is 0. The van der Waals surface area contributed by atoms with Gasteiger partial charge in [0.2, 0.25) is 0 Å². The Labute approximate surface area is 121 Å². The third-order valence-electron chi connectivity index (χ3n) is 4.16. The Hall–Kier alpha value is -1.60. The zero-order valence-corrected chi connectivity index (χ0v) is 11.8. The molecule has 0 radical (unpaired) electrons. The predicted molar refractivity (Wildman–Crippen MR) is 82.8 cm³/mol. The Morgan fingerprint density at radius 3 is 2.40 bits per heavy atom. The van der Waals surface area contributed by atoms with Crippen LogP contribution in [0.15, 0.2) is 54.6 Å². The maximum atomic E-state index is 10.5. The van der Waals surface area contributed by atoms with Crippen LogP contribution in [-0.4, -0.2) is 5.11 Å². The van der Waals surface area contributed by atoms with E-state index in [2.05, 4.69) is 42.5 Å². The second-order valence-electron chi connectivity index (χ2n) is 5.80. The topological polar surface area (TPSA) is 20.2 Å². The third-order valence-corrected chi connectivity index (χ3v) is 4.16. The maximum absolute atomic E-state index is 10.5. The molecule has 0 saturated heterocycles. The maximum Gasteiger partial charge on any atom is 0.0792 e. The van der Waals surface area contributed by atoms with Gasteiger partial charge < -0.3 is 5.11 Å². The second-order valence-corrected chi connectivity index (χ2v) is 5.80. The summed E-state index contributed by atoms with van der Waals surface area (Å²) in [6, 6.07) is 18.9. The largest absolute Gasteiger partial charge is 0.388 e. The van der Waals surface area contributed by atoms with Crippen molar-refractivity contribution in [2.45, 2.75) is 44.1 Å². The van der Waals surface area contributed by atoms with Gasteiger partial charge in [0, 0.05) is 0 Å². The molecule has 104 valence electrons. The number of rotatable bonds is 6. The van der Waals surface area contributed by atoms with Crippen molar-refractivity contribution in [3.05, 3.63) is 71.3 Å². The molecule has 1 aliphatic rings. The van der Waals surface area contributed by atoms with E-state index in [1.807, 2.05) is 12.1 Å². The van der Waals surface area contributed by atoms with Gasteiger partial charge in [-0.25, -0.2) is 0 Å². The summed E-state index contributed by atoms with van der Waals surface area (Å²) in [6.45, 7) is 0. The van der Waals surface area contributed by atoms with Gasteiger partial charge in [0.25, 0.3) is 0 Å². The van der Waals surface area contributed by atoms with Gasteiger partial charge in [-0.3, -0.25) is 0 Å². The highest BCUT2D eigenvalue weighted by molar-refractivity contribution is 5.34. The fourth-order valence-corrected chi connectivity index (χ4v) is 2.88. The lowest BCUT2D eigenvalue weighted by atomic mass is 9.95. The number of aliphatic hydroxyl groups is 1. The summed E-state index contributed by atoms with van der Waals surface area (Å²) >= 11 is 0. The molecule has 1 nitrogen and oxygen atoms in total. The Morgan fingerprint density at radius 1 is 0.950 bits per heavy atom. The second kappa shape index (κ2) is 6.23. The molecular weight excluding hydrogens is 244 g/mol. The molecule has 1 fully saturated rings. The van der Waals surface area contributed by atoms with Crippen molar-refractivity contribution in [1.82, 2.24) is 0 Å². The van der Waals surface area contributed by atoms with Crippen LogP contribution >= 0.6 is 0 Å². The Balaban J connectivity index is 1.58. The van der Waals surface area contributed by atoms with Gasteiger partial charge >= 0.3 is 0 Å². The van der Waals surface area contributed by atoms with Gasteiger partial charge in [-0.05, 0) is 54.7 Å². The van der Waals surface area contributed by atoms with Crippen LogP contribution in [0.1, 0.15) is 54.4 Å². The highest BCUT2D eigenvalue weighted by atomic mass is 16.3. The predicted octanol–water partition coefficient (Wildman–Crippen LogP) is 4.62. The van der Waals surface area contributed by atoms with E-state index in [0.717, 1.165) is 24.8 Å². The first-order chi connectivity index (χ1) is 9.84. The van der Waals surface area contributed by atoms with Gasteiger partial charge in [-0.1, -0.05) is 54.6 Å². The normalized spacial score (nSPS) is 16.1. The molecule has 0 aromatic heterocycles. The van der Waals surface area contributed by atoms with Crippen LogP contribution < -0.4 is 0 Å². The summed E-state index contributed by atoms with van der Waals surface area (Å²) in [5.41, 5.74) is 3.89. The standard InChI is InChI=1S/C19H22O/c20-19(12-6-9-15-7-2-1-3-8-15)18-11-5-4-10-17(18)16-13-14-16/h1-5,7-8,10-11,16,19-20H,6,9,12-14H2. The lowest BCUT2D eigenvalue weighted by Crippen LogP contribution is -2.02. The Kier molecular flexibility index (Phi) is 4.17. The van der Waals surface area contributed by atoms with Crippen molar-refractivity contribution in [1.29, 1.82) is 0 Å². The van der Waals surface area contributed by atoms with Crippen molar-refractivity contribution < 1.29 is 5.11 Å². The quantitative estimate of drug-likeness (QED) is 0.809. The Morgan fingerprint density at radius 2 is 1.65 bits per heavy atom. The van der Waals surface area contributed by atoms with E-state index >= 15 is 0 Å². The first-order valence-corrected chi connectivity index (χ1v) is 7.65. The molecule has 2 aromatic carbocycles. The minimum absolute atomic E-state index is 0.310. The van der Waals surface area contributed by atoms with Crippen LogP contribution in [-0.2, 0) is 6.42 Å². The highest BCUT2D eigenvalue weighted by Crippen LogP contribution is 2.43. The van der Waals surface area contributed by atoms with E-state index in [9.17, 15) is 5.11 Å². The average Bonchev–Trinajstić information content (AvgIpc) is 3.33. The number of benzene rings is 2. The molecular formula is C19H22O. The van der Waals surface area contributed by atoms with Crippen LogP contribution in [0.3, 0.4) is 0 Å². The summed E-state index contributed by atoms with van der Waals surface area (Å²) in [4.78, 5) is 0. The summed E-state index contributed by atoms with van der Waals surface area (Å²) in [5, 5.41) is 10.5. The molecule has 3 rings (SSSR count). The first kappa shape index (κ1) is 13.4. The third kappa shape index (κ3) is 3.29. The van der Waals surface area contributed by atoms with E-state index in [0.29, 0.717) is 5.92 Å². The van der Waals surface area contributed by atoms with Crippen LogP contribution in [0.2, 0.25) is 0 Å². The fraction of sp³-hybridized carbons (Fsp3) is 0.368. The molecule has 0 heterocycles. The minimum Gasteiger partial charge on any atom is -0.388 e. The van der Waals surface area contributed by atoms with Crippen LogP contribution in [0, 0.1) is 0 Å². The van der Waals surface area contributed by atoms with Crippen molar-refractivity contribution in [2.75, 3.05) is 0 Å². The van der Waals surface area contributed by atoms with E-state index in [1.54, 1.807) is 0 Å². The molecule has 0 spiro atoms. The lowest BCUT2D eigenvalue weighted by Gasteiger charge is -2.15. The van der Waals surface area contributed by atoms with Crippen LogP contribution in [0.4, 0.5) is 0 Å². The molecule has 20 heavy (non-hydrogen) atoms. The zero-order chi connectivity index (χ0) is 13.8. The minimum atomic E-state index is -0.310. The van der Waals surface area contributed by atoms with Crippen molar-refractivity contribution in [2.24, 2.45) is 0 Å². The van der Waals surface area contributed by atoms with Crippen molar-refractivity contribution in [3.63, 3.8) is 0 Å². The van der Waals surface area contributed by atoms with Crippen molar-refractivity contribution >= 4 is 0 Å². The molecule has 0 amide bonds. The van der Waals surface area contributed by atoms with Crippen LogP contribution in [0.5, 0.6) is 0 Å². The monoisotopic (exact) mass is 266 g/mol. The molecule has 1 aliphatic carbocycles. The number of aliphatic hydroxyl groups excluding tert-OH is 1. The van der Waals surface area contributed by atoms with E-state index in [-0.39, 0.29) is 6.10 Å². The summed E-state index contributed by atoms with van der Waals surface area (Å²) in [5.74, 6) is 0.704. The molecule has 0 aliphatic heterocycles. The molecule has 2 aromatic rings. The Bertz CT molecular complexity index is 543. The molecule has 1 atom stereocenters. The van der Waals surface area contributed by atoms with Gasteiger partial charge in [0.1, 0.15) is 0 Å². The first-order valence-electron chi connectivity index (χ1n) is 7.65. The van der Waals surface area contributed by atoms with E-state index < -0.39 is 0 Å². The summed E-state index contributed by atoms with van der Waals surface area (Å²) in [6.07, 6.45) is 5.18. The fourth-order valence-electron chi connectivity index (χ4n) is 2.88. The SMILES string of the molecule is OC(CCCc1ccccc1)c1ccccc1C1CC1. The van der Waals surface area contributed by atoms with Gasteiger partial charge in [-0.15, -0.1) is 0 Å². The van der Waals surface area contributed by atoms with Gasteiger partial charge in [-0.2, -0.15) is 0 Å². The van der Waals surface area contributed by atoms with Gasteiger partial charge in [0.15, 0.2) is 0 Å². The van der Waals surface area contributed by atoms with E-state index in [1.165, 1.54) is 24.0 Å². The molecule has 1 saturated carbocycles. The number of hydrogen-bond acceptors (Lipinski definition) is 1. The van der Waals surface area contributed by atoms with E-state index in [4.69, 9.17) is 0 Å². The molecule has 0 bridgehead atoms. The van der Waals surface area contributed by atoms with Crippen LogP contribution in [0.25, 0.3) is 0 Å². The van der Waals surface area contributed by atoms with Crippen molar-refractivity contribution in [3.8, 4) is 0 Å².